The smallest absolute Gasteiger partial charge is 0.228 e. The molecule has 4 aromatic heterocycles. The van der Waals surface area contributed by atoms with Crippen molar-refractivity contribution < 1.29 is 4.52 Å². The zero-order chi connectivity index (χ0) is 20.7. The zero-order valence-electron chi connectivity index (χ0n) is 16.2. The van der Waals surface area contributed by atoms with Gasteiger partial charge in [0.2, 0.25) is 11.8 Å². The van der Waals surface area contributed by atoms with Crippen LogP contribution in [0.15, 0.2) is 22.9 Å². The molecule has 0 saturated carbocycles. The van der Waals surface area contributed by atoms with E-state index in [1.165, 1.54) is 4.80 Å². The van der Waals surface area contributed by atoms with Gasteiger partial charge in [0.05, 0.1) is 19.3 Å². The third kappa shape index (κ3) is 3.45. The van der Waals surface area contributed by atoms with E-state index in [9.17, 15) is 0 Å². The van der Waals surface area contributed by atoms with Crippen LogP contribution in [0.4, 0.5) is 17.6 Å². The molecule has 0 spiro atoms. The second kappa shape index (κ2) is 7.37. The maximum Gasteiger partial charge on any atom is 0.228 e. The van der Waals surface area contributed by atoms with Gasteiger partial charge in [0, 0.05) is 24.4 Å². The fourth-order valence-corrected chi connectivity index (χ4v) is 3.57. The normalized spacial score (nSPS) is 16.4. The number of aromatic nitrogens is 9. The van der Waals surface area contributed by atoms with Crippen molar-refractivity contribution in [3.63, 3.8) is 0 Å². The maximum atomic E-state index is 6.29. The number of nitrogens with zero attached hydrogens (tertiary/aromatic N) is 9. The first kappa shape index (κ1) is 18.5. The summed E-state index contributed by atoms with van der Waals surface area (Å²) >= 11 is 6.29. The second-order valence-corrected chi connectivity index (χ2v) is 7.40. The molecule has 0 radical (unpaired) electrons. The van der Waals surface area contributed by atoms with Gasteiger partial charge < -0.3 is 14.7 Å². The fraction of sp³-hybridized carbons (Fsp3) is 0.353. The van der Waals surface area contributed by atoms with Crippen LogP contribution in [0.25, 0.3) is 11.5 Å². The summed E-state index contributed by atoms with van der Waals surface area (Å²) < 4.78 is 5.60. The molecule has 5 heterocycles. The molecule has 30 heavy (non-hydrogen) atoms. The van der Waals surface area contributed by atoms with E-state index >= 15 is 0 Å². The van der Waals surface area contributed by atoms with Crippen molar-refractivity contribution in [2.75, 3.05) is 16.8 Å². The summed E-state index contributed by atoms with van der Waals surface area (Å²) in [6.07, 6.45) is 3.43. The molecular weight excluding hydrogens is 410 g/mol. The van der Waals surface area contributed by atoms with Gasteiger partial charge in [-0.05, 0) is 25.0 Å². The molecule has 1 unspecified atom stereocenters. The lowest BCUT2D eigenvalue weighted by atomic mass is 10.1. The molecule has 5 rings (SSSR count). The van der Waals surface area contributed by atoms with Gasteiger partial charge in [0.1, 0.15) is 5.02 Å². The Hall–Kier alpha value is -3.54. The summed E-state index contributed by atoms with van der Waals surface area (Å²) in [6.45, 7) is 2.70. The Kier molecular flexibility index (Phi) is 4.54. The van der Waals surface area contributed by atoms with Crippen LogP contribution >= 0.6 is 11.6 Å². The number of aryl methyl sites for hydroxylation is 2. The van der Waals surface area contributed by atoms with Crippen LogP contribution in [-0.2, 0) is 7.05 Å². The van der Waals surface area contributed by atoms with E-state index in [4.69, 9.17) is 16.1 Å². The Balaban J connectivity index is 1.41. The molecule has 13 heteroatoms. The van der Waals surface area contributed by atoms with Gasteiger partial charge >= 0.3 is 0 Å². The molecular formula is C17H18ClN11O. The zero-order valence-corrected chi connectivity index (χ0v) is 17.0. The highest BCUT2D eigenvalue weighted by atomic mass is 35.5. The SMILES string of the molecule is Cc1cc(Nc2nc(N3CCCC3c3cc(-c4nnn(C)n4)no3)ncc2Cl)n[nH]1. The van der Waals surface area contributed by atoms with Crippen LogP contribution < -0.4 is 10.2 Å². The number of nitrogens with one attached hydrogen (secondary N) is 2. The molecule has 0 bridgehead atoms. The Morgan fingerprint density at radius 3 is 3.00 bits per heavy atom. The molecule has 0 amide bonds. The minimum absolute atomic E-state index is 0.0513. The van der Waals surface area contributed by atoms with E-state index in [1.54, 1.807) is 13.2 Å². The van der Waals surface area contributed by atoms with Crippen LogP contribution in [0, 0.1) is 6.92 Å². The van der Waals surface area contributed by atoms with E-state index in [2.05, 4.69) is 50.9 Å². The molecule has 1 aliphatic rings. The number of anilines is 3. The van der Waals surface area contributed by atoms with Gasteiger partial charge in [-0.3, -0.25) is 5.10 Å². The number of hydrogen-bond donors (Lipinski definition) is 2. The lowest BCUT2D eigenvalue weighted by molar-refractivity contribution is 0.362. The van der Waals surface area contributed by atoms with Crippen LogP contribution in [-0.4, -0.2) is 52.1 Å². The van der Waals surface area contributed by atoms with Crippen molar-refractivity contribution in [3.05, 3.63) is 34.8 Å². The van der Waals surface area contributed by atoms with Crippen molar-refractivity contribution >= 4 is 29.2 Å². The lowest BCUT2D eigenvalue weighted by Crippen LogP contribution is -2.24. The summed E-state index contributed by atoms with van der Waals surface area (Å²) in [5.74, 6) is 2.79. The van der Waals surface area contributed by atoms with Gasteiger partial charge in [0.25, 0.3) is 0 Å². The van der Waals surface area contributed by atoms with Crippen molar-refractivity contribution in [1.82, 2.24) is 45.5 Å². The number of hydrogen-bond acceptors (Lipinski definition) is 10. The summed E-state index contributed by atoms with van der Waals surface area (Å²) in [5.41, 5.74) is 1.47. The quantitative estimate of drug-likeness (QED) is 0.487. The number of halogens is 1. The summed E-state index contributed by atoms with van der Waals surface area (Å²) in [4.78, 5) is 12.5. The van der Waals surface area contributed by atoms with E-state index in [0.29, 0.717) is 39.9 Å². The van der Waals surface area contributed by atoms with Crippen molar-refractivity contribution in [3.8, 4) is 11.5 Å². The van der Waals surface area contributed by atoms with Gasteiger partial charge in [-0.15, -0.1) is 10.2 Å². The molecule has 154 valence electrons. The minimum Gasteiger partial charge on any atom is -0.358 e. The predicted molar refractivity (Wildman–Crippen MR) is 107 cm³/mol. The molecule has 0 aliphatic carbocycles. The van der Waals surface area contributed by atoms with Crippen LogP contribution in [0.3, 0.4) is 0 Å². The highest BCUT2D eigenvalue weighted by molar-refractivity contribution is 6.32. The topological polar surface area (TPSA) is 139 Å². The Morgan fingerprint density at radius 1 is 1.33 bits per heavy atom. The van der Waals surface area contributed by atoms with E-state index in [-0.39, 0.29) is 6.04 Å². The van der Waals surface area contributed by atoms with Crippen LogP contribution in [0.1, 0.15) is 30.3 Å². The van der Waals surface area contributed by atoms with Gasteiger partial charge in [-0.1, -0.05) is 16.8 Å². The number of aromatic amines is 1. The van der Waals surface area contributed by atoms with Crippen molar-refractivity contribution in [2.45, 2.75) is 25.8 Å². The lowest BCUT2D eigenvalue weighted by Gasteiger charge is -2.23. The first-order chi connectivity index (χ1) is 14.6. The molecule has 1 saturated heterocycles. The third-order valence-corrected chi connectivity index (χ3v) is 5.06. The highest BCUT2D eigenvalue weighted by Gasteiger charge is 2.32. The average Bonchev–Trinajstić information content (AvgIpc) is 3.50. The number of H-pyrrole nitrogens is 1. The average molecular weight is 428 g/mol. The molecule has 2 N–H and O–H groups in total. The Bertz CT molecular complexity index is 1180. The highest BCUT2D eigenvalue weighted by Crippen LogP contribution is 2.36. The first-order valence-electron chi connectivity index (χ1n) is 9.36. The van der Waals surface area contributed by atoms with Gasteiger partial charge in [-0.25, -0.2) is 4.98 Å². The van der Waals surface area contributed by atoms with Crippen LogP contribution in [0.2, 0.25) is 5.02 Å². The van der Waals surface area contributed by atoms with Gasteiger partial charge in [-0.2, -0.15) is 14.9 Å². The first-order valence-corrected chi connectivity index (χ1v) is 9.74. The maximum absolute atomic E-state index is 6.29. The fourth-order valence-electron chi connectivity index (χ4n) is 3.43. The van der Waals surface area contributed by atoms with E-state index in [0.717, 1.165) is 25.1 Å². The van der Waals surface area contributed by atoms with E-state index < -0.39 is 0 Å². The second-order valence-electron chi connectivity index (χ2n) is 7.00. The van der Waals surface area contributed by atoms with Crippen LogP contribution in [0.5, 0.6) is 0 Å². The molecule has 1 atom stereocenters. The number of rotatable bonds is 5. The molecule has 4 aromatic rings. The molecule has 1 aliphatic heterocycles. The standard InChI is InChI=1S/C17H18ClN11O/c1-9-6-14(23-22-9)20-15-10(18)8-19-17(21-15)29-5-3-4-12(29)13-7-11(26-30-13)16-24-27-28(2)25-16/h6-8,12H,3-5H2,1-2H3,(H2,19,20,21,22,23). The number of tetrazole rings is 1. The third-order valence-electron chi connectivity index (χ3n) is 4.79. The Morgan fingerprint density at radius 2 is 2.23 bits per heavy atom. The Labute approximate surface area is 175 Å². The molecule has 0 aromatic carbocycles. The molecule has 12 nitrogen and oxygen atoms in total. The minimum atomic E-state index is -0.0513. The summed E-state index contributed by atoms with van der Waals surface area (Å²) in [7, 11) is 1.70. The summed E-state index contributed by atoms with van der Waals surface area (Å²) in [6, 6.07) is 3.65. The monoisotopic (exact) mass is 427 g/mol. The molecule has 1 fully saturated rings. The predicted octanol–water partition coefficient (Wildman–Crippen LogP) is 2.43. The van der Waals surface area contributed by atoms with E-state index in [1.807, 2.05) is 19.1 Å². The van der Waals surface area contributed by atoms with Crippen molar-refractivity contribution in [1.29, 1.82) is 0 Å². The largest absolute Gasteiger partial charge is 0.358 e. The van der Waals surface area contributed by atoms with Crippen molar-refractivity contribution in [2.24, 2.45) is 7.05 Å². The van der Waals surface area contributed by atoms with Gasteiger partial charge in [0.15, 0.2) is 23.1 Å². The summed E-state index contributed by atoms with van der Waals surface area (Å²) in [5, 5.41) is 26.6.